The predicted molar refractivity (Wildman–Crippen MR) is 69.4 cm³/mol. The number of carbonyl (C=O) groups is 1. The van der Waals surface area contributed by atoms with Gasteiger partial charge in [-0.15, -0.1) is 0 Å². The lowest BCUT2D eigenvalue weighted by Gasteiger charge is -2.09. The van der Waals surface area contributed by atoms with Crippen LogP contribution in [0.2, 0.25) is 0 Å². The third-order valence-corrected chi connectivity index (χ3v) is 2.37. The Hall–Kier alpha value is -2.76. The maximum Gasteiger partial charge on any atom is 0.328 e. The van der Waals surface area contributed by atoms with E-state index < -0.39 is 11.8 Å². The Bertz CT molecular complexity index is 630. The Morgan fingerprint density at radius 1 is 1.30 bits per heavy atom. The first-order chi connectivity index (χ1) is 9.66. The maximum atomic E-state index is 13.7. The predicted octanol–water partition coefficient (Wildman–Crippen LogP) is 2.29. The van der Waals surface area contributed by atoms with E-state index in [9.17, 15) is 9.18 Å². The smallest absolute Gasteiger partial charge is 0.328 e. The van der Waals surface area contributed by atoms with Crippen molar-refractivity contribution < 1.29 is 19.0 Å². The molecule has 2 rings (SSSR count). The van der Waals surface area contributed by atoms with Gasteiger partial charge in [-0.2, -0.15) is 0 Å². The van der Waals surface area contributed by atoms with Crippen LogP contribution < -0.4 is 4.74 Å². The van der Waals surface area contributed by atoms with Crippen LogP contribution in [0.1, 0.15) is 11.4 Å². The summed E-state index contributed by atoms with van der Waals surface area (Å²) < 4.78 is 19.1. The van der Waals surface area contributed by atoms with E-state index in [-0.39, 0.29) is 12.4 Å². The van der Waals surface area contributed by atoms with Gasteiger partial charge in [0.2, 0.25) is 0 Å². The summed E-state index contributed by atoms with van der Waals surface area (Å²) in [5, 5.41) is 8.60. The van der Waals surface area contributed by atoms with Crippen LogP contribution in [-0.2, 0) is 11.4 Å². The van der Waals surface area contributed by atoms with E-state index in [1.165, 1.54) is 18.2 Å². The van der Waals surface area contributed by atoms with Crippen LogP contribution in [0.15, 0.2) is 42.7 Å². The molecule has 6 heteroatoms. The van der Waals surface area contributed by atoms with Crippen LogP contribution >= 0.6 is 0 Å². The van der Waals surface area contributed by atoms with Crippen molar-refractivity contribution in [1.82, 2.24) is 9.97 Å². The number of nitrogens with zero attached hydrogens (tertiary/aromatic N) is 2. The molecule has 0 aliphatic heterocycles. The highest BCUT2D eigenvalue weighted by Gasteiger charge is 2.09. The maximum absolute atomic E-state index is 13.7. The number of ether oxygens (including phenoxy) is 1. The lowest BCUT2D eigenvalue weighted by molar-refractivity contribution is -0.131. The molecule has 1 N–H and O–H groups in total. The van der Waals surface area contributed by atoms with E-state index in [2.05, 4.69) is 9.97 Å². The van der Waals surface area contributed by atoms with Gasteiger partial charge in [0.05, 0.1) is 0 Å². The normalized spacial score (nSPS) is 10.7. The van der Waals surface area contributed by atoms with Crippen molar-refractivity contribution in [3.63, 3.8) is 0 Å². The van der Waals surface area contributed by atoms with Crippen molar-refractivity contribution in [2.75, 3.05) is 0 Å². The van der Waals surface area contributed by atoms with Crippen LogP contribution in [0.3, 0.4) is 0 Å². The van der Waals surface area contributed by atoms with Gasteiger partial charge >= 0.3 is 5.97 Å². The number of aliphatic carboxylic acids is 1. The summed E-state index contributed by atoms with van der Waals surface area (Å²) in [6.07, 6.45) is 5.30. The fourth-order valence-corrected chi connectivity index (χ4v) is 1.51. The van der Waals surface area contributed by atoms with E-state index >= 15 is 0 Å². The van der Waals surface area contributed by atoms with Crippen LogP contribution in [0, 0.1) is 5.82 Å². The van der Waals surface area contributed by atoms with Crippen molar-refractivity contribution in [2.24, 2.45) is 0 Å². The number of aromatic nitrogens is 2. The number of hydrogen-bond acceptors (Lipinski definition) is 4. The van der Waals surface area contributed by atoms with Gasteiger partial charge in [-0.1, -0.05) is 12.1 Å². The van der Waals surface area contributed by atoms with Gasteiger partial charge in [0.25, 0.3) is 0 Å². The van der Waals surface area contributed by atoms with E-state index in [0.717, 1.165) is 6.08 Å². The molecule has 0 saturated heterocycles. The standard InChI is InChI=1S/C14H11FN2O3/c15-11-4-1-3-10(5-6-13(18)19)14(11)20-9-12-16-7-2-8-17-12/h1-8H,9H2,(H,18,19)/b6-5+. The molecular weight excluding hydrogens is 263 g/mol. The second kappa shape index (κ2) is 6.42. The molecule has 0 aliphatic carbocycles. The van der Waals surface area contributed by atoms with Crippen molar-refractivity contribution in [2.45, 2.75) is 6.61 Å². The van der Waals surface area contributed by atoms with Gasteiger partial charge in [0, 0.05) is 24.0 Å². The summed E-state index contributed by atoms with van der Waals surface area (Å²) in [5.41, 5.74) is 0.336. The van der Waals surface area contributed by atoms with E-state index in [1.807, 2.05) is 0 Å². The summed E-state index contributed by atoms with van der Waals surface area (Å²) in [6, 6.07) is 5.93. The molecule has 1 aromatic heterocycles. The van der Waals surface area contributed by atoms with Crippen molar-refractivity contribution >= 4 is 12.0 Å². The number of para-hydroxylation sites is 1. The Morgan fingerprint density at radius 3 is 2.75 bits per heavy atom. The molecular formula is C14H11FN2O3. The largest absolute Gasteiger partial charge is 0.482 e. The summed E-state index contributed by atoms with van der Waals surface area (Å²) in [6.45, 7) is -0.00428. The van der Waals surface area contributed by atoms with E-state index in [1.54, 1.807) is 24.5 Å². The van der Waals surface area contributed by atoms with Gasteiger partial charge in [-0.05, 0) is 18.2 Å². The second-order valence-electron chi connectivity index (χ2n) is 3.78. The Labute approximate surface area is 114 Å². The number of rotatable bonds is 5. The quantitative estimate of drug-likeness (QED) is 0.847. The molecule has 1 heterocycles. The van der Waals surface area contributed by atoms with E-state index in [4.69, 9.17) is 9.84 Å². The topological polar surface area (TPSA) is 72.3 Å². The molecule has 102 valence electrons. The molecule has 20 heavy (non-hydrogen) atoms. The third-order valence-electron chi connectivity index (χ3n) is 2.37. The van der Waals surface area contributed by atoms with Gasteiger partial charge in [-0.3, -0.25) is 0 Å². The van der Waals surface area contributed by atoms with Gasteiger partial charge < -0.3 is 9.84 Å². The Balaban J connectivity index is 2.19. The number of halogens is 1. The van der Waals surface area contributed by atoms with Crippen LogP contribution in [-0.4, -0.2) is 21.0 Å². The first-order valence-corrected chi connectivity index (χ1v) is 5.75. The molecule has 0 spiro atoms. The van der Waals surface area contributed by atoms with Gasteiger partial charge in [-0.25, -0.2) is 19.2 Å². The lowest BCUT2D eigenvalue weighted by Crippen LogP contribution is -2.03. The number of carboxylic acids is 1. The first kappa shape index (κ1) is 13.7. The first-order valence-electron chi connectivity index (χ1n) is 5.75. The van der Waals surface area contributed by atoms with Crippen LogP contribution in [0.5, 0.6) is 5.75 Å². The molecule has 0 saturated carbocycles. The molecule has 0 radical (unpaired) electrons. The fourth-order valence-electron chi connectivity index (χ4n) is 1.51. The monoisotopic (exact) mass is 274 g/mol. The second-order valence-corrected chi connectivity index (χ2v) is 3.78. The van der Waals surface area contributed by atoms with Crippen LogP contribution in [0.25, 0.3) is 6.08 Å². The minimum Gasteiger partial charge on any atom is -0.482 e. The highest BCUT2D eigenvalue weighted by molar-refractivity contribution is 5.85. The highest BCUT2D eigenvalue weighted by Crippen LogP contribution is 2.24. The molecule has 0 aliphatic rings. The zero-order valence-corrected chi connectivity index (χ0v) is 10.4. The molecule has 0 unspecified atom stereocenters. The minimum absolute atomic E-state index is 0.00428. The Morgan fingerprint density at radius 2 is 2.05 bits per heavy atom. The number of benzene rings is 1. The fraction of sp³-hybridized carbons (Fsp3) is 0.0714. The zero-order valence-electron chi connectivity index (χ0n) is 10.4. The van der Waals surface area contributed by atoms with Gasteiger partial charge in [0.15, 0.2) is 17.4 Å². The minimum atomic E-state index is -1.12. The summed E-state index contributed by atoms with van der Waals surface area (Å²) in [5.74, 6) is -1.32. The average molecular weight is 274 g/mol. The summed E-state index contributed by atoms with van der Waals surface area (Å²) in [7, 11) is 0. The zero-order chi connectivity index (χ0) is 14.4. The van der Waals surface area contributed by atoms with Crippen LogP contribution in [0.4, 0.5) is 4.39 Å². The third kappa shape index (κ3) is 3.61. The molecule has 0 fully saturated rings. The van der Waals surface area contributed by atoms with Gasteiger partial charge in [0.1, 0.15) is 6.61 Å². The summed E-state index contributed by atoms with van der Waals surface area (Å²) in [4.78, 5) is 18.4. The SMILES string of the molecule is O=C(O)/C=C/c1cccc(F)c1OCc1ncccn1. The van der Waals surface area contributed by atoms with E-state index in [0.29, 0.717) is 11.4 Å². The molecule has 2 aromatic rings. The number of carboxylic acid groups (broad SMARTS) is 1. The molecule has 5 nitrogen and oxygen atoms in total. The number of hydrogen-bond donors (Lipinski definition) is 1. The van der Waals surface area contributed by atoms with Crippen molar-refractivity contribution in [3.05, 3.63) is 59.9 Å². The lowest BCUT2D eigenvalue weighted by atomic mass is 10.2. The van der Waals surface area contributed by atoms with Crippen molar-refractivity contribution in [3.8, 4) is 5.75 Å². The molecule has 1 aromatic carbocycles. The van der Waals surface area contributed by atoms with Crippen molar-refractivity contribution in [1.29, 1.82) is 0 Å². The molecule has 0 amide bonds. The Kier molecular flexibility index (Phi) is 4.39. The highest BCUT2D eigenvalue weighted by atomic mass is 19.1. The average Bonchev–Trinajstić information content (AvgIpc) is 2.45. The molecule has 0 atom stereocenters. The molecule has 0 bridgehead atoms. The summed E-state index contributed by atoms with van der Waals surface area (Å²) >= 11 is 0.